The van der Waals surface area contributed by atoms with Crippen LogP contribution in [-0.2, 0) is 9.59 Å². The van der Waals surface area contributed by atoms with E-state index in [0.29, 0.717) is 36.7 Å². The Morgan fingerprint density at radius 1 is 1.11 bits per heavy atom. The fourth-order valence-electron chi connectivity index (χ4n) is 3.54. The molecule has 0 saturated heterocycles. The lowest BCUT2D eigenvalue weighted by Gasteiger charge is -2.19. The van der Waals surface area contributed by atoms with Gasteiger partial charge in [0, 0.05) is 5.92 Å². The van der Waals surface area contributed by atoms with Crippen LogP contribution in [0.3, 0.4) is 0 Å². The number of halogens is 1. The lowest BCUT2D eigenvalue weighted by atomic mass is 10.0. The minimum atomic E-state index is -1.03. The van der Waals surface area contributed by atoms with E-state index >= 15 is 0 Å². The summed E-state index contributed by atoms with van der Waals surface area (Å²) in [5.41, 5.74) is 1.56. The number of nitrogens with one attached hydrogen (secondary N) is 1. The molecule has 1 fully saturated rings. The zero-order chi connectivity index (χ0) is 19.7. The lowest BCUT2D eigenvalue weighted by molar-refractivity contribution is -0.137. The highest BCUT2D eigenvalue weighted by molar-refractivity contribution is 5.84. The SMILES string of the molecule is O=C(O)CC(NC(=O)C1CC1c1ccc2c(c1)OCCO2)c1ccc(F)cc1. The first-order valence-corrected chi connectivity index (χ1v) is 9.18. The number of aliphatic carboxylic acids is 1. The molecule has 3 unspecified atom stereocenters. The van der Waals surface area contributed by atoms with Crippen LogP contribution >= 0.6 is 0 Å². The van der Waals surface area contributed by atoms with Gasteiger partial charge in [0.05, 0.1) is 12.5 Å². The van der Waals surface area contributed by atoms with Crippen molar-refractivity contribution in [2.75, 3.05) is 13.2 Å². The van der Waals surface area contributed by atoms with E-state index in [1.807, 2.05) is 18.2 Å². The van der Waals surface area contributed by atoms with Gasteiger partial charge in [0.1, 0.15) is 19.0 Å². The van der Waals surface area contributed by atoms with Crippen LogP contribution in [0.15, 0.2) is 42.5 Å². The highest BCUT2D eigenvalue weighted by Crippen LogP contribution is 2.49. The van der Waals surface area contributed by atoms with Crippen molar-refractivity contribution in [3.8, 4) is 11.5 Å². The quantitative estimate of drug-likeness (QED) is 0.799. The first kappa shape index (κ1) is 18.3. The van der Waals surface area contributed by atoms with E-state index in [2.05, 4.69) is 5.32 Å². The molecule has 0 bridgehead atoms. The molecule has 146 valence electrons. The summed E-state index contributed by atoms with van der Waals surface area (Å²) in [6, 6.07) is 10.5. The minimum Gasteiger partial charge on any atom is -0.486 e. The number of fused-ring (bicyclic) bond motifs is 1. The Morgan fingerprint density at radius 2 is 1.82 bits per heavy atom. The van der Waals surface area contributed by atoms with Crippen molar-refractivity contribution < 1.29 is 28.6 Å². The summed E-state index contributed by atoms with van der Waals surface area (Å²) in [5, 5.41) is 12.0. The van der Waals surface area contributed by atoms with Gasteiger partial charge in [-0.3, -0.25) is 9.59 Å². The van der Waals surface area contributed by atoms with Gasteiger partial charge in [0.2, 0.25) is 5.91 Å². The van der Waals surface area contributed by atoms with E-state index in [9.17, 15) is 14.0 Å². The molecule has 1 saturated carbocycles. The van der Waals surface area contributed by atoms with Crippen molar-refractivity contribution in [2.24, 2.45) is 5.92 Å². The number of carboxylic acid groups (broad SMARTS) is 1. The molecule has 2 N–H and O–H groups in total. The Bertz CT molecular complexity index is 898. The summed E-state index contributed by atoms with van der Waals surface area (Å²) in [5.74, 6) is -0.414. The van der Waals surface area contributed by atoms with Gasteiger partial charge in [-0.1, -0.05) is 18.2 Å². The second-order valence-corrected chi connectivity index (χ2v) is 7.06. The summed E-state index contributed by atoms with van der Waals surface area (Å²) in [6.45, 7) is 1.02. The molecule has 1 heterocycles. The zero-order valence-electron chi connectivity index (χ0n) is 15.1. The maximum Gasteiger partial charge on any atom is 0.305 e. The van der Waals surface area contributed by atoms with Crippen LogP contribution in [0.4, 0.5) is 4.39 Å². The van der Waals surface area contributed by atoms with E-state index in [1.165, 1.54) is 24.3 Å². The van der Waals surface area contributed by atoms with Gasteiger partial charge in [0.15, 0.2) is 11.5 Å². The maximum atomic E-state index is 13.1. The molecule has 1 aliphatic carbocycles. The van der Waals surface area contributed by atoms with Gasteiger partial charge < -0.3 is 19.9 Å². The van der Waals surface area contributed by atoms with E-state index < -0.39 is 17.8 Å². The van der Waals surface area contributed by atoms with Crippen LogP contribution in [0.1, 0.15) is 35.9 Å². The molecule has 2 aromatic rings. The lowest BCUT2D eigenvalue weighted by Crippen LogP contribution is -2.31. The summed E-state index contributed by atoms with van der Waals surface area (Å²) in [6.07, 6.45) is 0.424. The molecular formula is C21H20FNO5. The summed E-state index contributed by atoms with van der Waals surface area (Å²) >= 11 is 0. The molecule has 7 heteroatoms. The minimum absolute atomic E-state index is 0.0644. The highest BCUT2D eigenvalue weighted by Gasteiger charge is 2.45. The van der Waals surface area contributed by atoms with Crippen LogP contribution in [0.5, 0.6) is 11.5 Å². The number of rotatable bonds is 6. The Balaban J connectivity index is 1.44. The molecule has 2 aliphatic rings. The normalized spacial score (nSPS) is 20.9. The Kier molecular flexibility index (Phi) is 4.90. The number of carboxylic acids is 1. The number of amides is 1. The average Bonchev–Trinajstić information content (AvgIpc) is 3.48. The van der Waals surface area contributed by atoms with Crippen LogP contribution < -0.4 is 14.8 Å². The number of benzene rings is 2. The Hall–Kier alpha value is -3.09. The van der Waals surface area contributed by atoms with Crippen molar-refractivity contribution >= 4 is 11.9 Å². The van der Waals surface area contributed by atoms with E-state index in [1.54, 1.807) is 0 Å². The topological polar surface area (TPSA) is 84.9 Å². The van der Waals surface area contributed by atoms with Crippen LogP contribution in [0.25, 0.3) is 0 Å². The van der Waals surface area contributed by atoms with Crippen LogP contribution in [-0.4, -0.2) is 30.2 Å². The number of hydrogen-bond donors (Lipinski definition) is 2. The Labute approximate surface area is 161 Å². The highest BCUT2D eigenvalue weighted by atomic mass is 19.1. The second-order valence-electron chi connectivity index (χ2n) is 7.06. The molecule has 3 atom stereocenters. The molecule has 4 rings (SSSR count). The number of ether oxygens (including phenoxy) is 2. The maximum absolute atomic E-state index is 13.1. The predicted molar refractivity (Wildman–Crippen MR) is 97.8 cm³/mol. The Morgan fingerprint density at radius 3 is 2.54 bits per heavy atom. The third-order valence-electron chi connectivity index (χ3n) is 5.09. The molecule has 1 aliphatic heterocycles. The van der Waals surface area contributed by atoms with Crippen molar-refractivity contribution in [1.82, 2.24) is 5.32 Å². The summed E-state index contributed by atoms with van der Waals surface area (Å²) in [7, 11) is 0. The molecule has 0 radical (unpaired) electrons. The summed E-state index contributed by atoms with van der Waals surface area (Å²) in [4.78, 5) is 23.9. The van der Waals surface area contributed by atoms with Gasteiger partial charge in [-0.15, -0.1) is 0 Å². The van der Waals surface area contributed by atoms with Crippen LogP contribution in [0, 0.1) is 11.7 Å². The first-order chi connectivity index (χ1) is 13.5. The van der Waals surface area contributed by atoms with Crippen molar-refractivity contribution in [2.45, 2.75) is 24.8 Å². The summed E-state index contributed by atoms with van der Waals surface area (Å²) < 4.78 is 24.3. The van der Waals surface area contributed by atoms with Gasteiger partial charge in [-0.05, 0) is 47.7 Å². The van der Waals surface area contributed by atoms with E-state index in [0.717, 1.165) is 5.56 Å². The average molecular weight is 385 g/mol. The number of carbonyl (C=O) groups is 2. The zero-order valence-corrected chi connectivity index (χ0v) is 15.1. The third-order valence-corrected chi connectivity index (χ3v) is 5.09. The predicted octanol–water partition coefficient (Wildman–Crippen LogP) is 3.03. The number of carbonyl (C=O) groups excluding carboxylic acids is 1. The molecule has 6 nitrogen and oxygen atoms in total. The second kappa shape index (κ2) is 7.50. The van der Waals surface area contributed by atoms with E-state index in [-0.39, 0.29) is 24.2 Å². The van der Waals surface area contributed by atoms with Gasteiger partial charge in [-0.25, -0.2) is 4.39 Å². The molecule has 28 heavy (non-hydrogen) atoms. The van der Waals surface area contributed by atoms with Crippen molar-refractivity contribution in [1.29, 1.82) is 0 Å². The standard InChI is InChI=1S/C21H20FNO5/c22-14-4-1-12(2-5-14)17(11-20(24)25)23-21(26)16-10-15(16)13-3-6-18-19(9-13)28-8-7-27-18/h1-6,9,15-17H,7-8,10-11H2,(H,23,26)(H,24,25). The van der Waals surface area contributed by atoms with Crippen molar-refractivity contribution in [3.05, 3.63) is 59.4 Å². The third kappa shape index (κ3) is 3.93. The fourth-order valence-corrected chi connectivity index (χ4v) is 3.54. The van der Waals surface area contributed by atoms with Gasteiger partial charge in [-0.2, -0.15) is 0 Å². The molecular weight excluding hydrogens is 365 g/mol. The van der Waals surface area contributed by atoms with Crippen molar-refractivity contribution in [3.63, 3.8) is 0 Å². The van der Waals surface area contributed by atoms with Gasteiger partial charge in [0.25, 0.3) is 0 Å². The number of hydrogen-bond acceptors (Lipinski definition) is 4. The monoisotopic (exact) mass is 385 g/mol. The molecule has 1 amide bonds. The molecule has 2 aromatic carbocycles. The van der Waals surface area contributed by atoms with Gasteiger partial charge >= 0.3 is 5.97 Å². The smallest absolute Gasteiger partial charge is 0.305 e. The van der Waals surface area contributed by atoms with E-state index in [4.69, 9.17) is 14.6 Å². The molecule has 0 spiro atoms. The molecule has 0 aromatic heterocycles. The van der Waals surface area contributed by atoms with Crippen LogP contribution in [0.2, 0.25) is 0 Å². The fraction of sp³-hybridized carbons (Fsp3) is 0.333. The first-order valence-electron chi connectivity index (χ1n) is 9.18. The largest absolute Gasteiger partial charge is 0.486 e.